The van der Waals surface area contributed by atoms with Crippen molar-refractivity contribution in [3.63, 3.8) is 0 Å². The first-order valence-corrected chi connectivity index (χ1v) is 5.98. The molecule has 0 spiro atoms. The molecule has 4 heteroatoms. The smallest absolute Gasteiger partial charge is 0.228 e. The molecule has 0 bridgehead atoms. The molecule has 1 aromatic heterocycles. The van der Waals surface area contributed by atoms with Gasteiger partial charge in [-0.15, -0.1) is 0 Å². The number of benzene rings is 1. The third-order valence-electron chi connectivity index (χ3n) is 2.50. The Kier molecular flexibility index (Phi) is 3.95. The lowest BCUT2D eigenvalue weighted by atomic mass is 10.1. The normalized spacial score (nSPS) is 10.1. The molecular weight excluding hydrogens is 248 g/mol. The second kappa shape index (κ2) is 5.65. The summed E-state index contributed by atoms with van der Waals surface area (Å²) in [5.41, 5.74) is 2.82. The highest BCUT2D eigenvalue weighted by atomic mass is 35.5. The molecule has 0 fully saturated rings. The molecule has 2 aromatic rings. The van der Waals surface area contributed by atoms with Crippen molar-refractivity contribution in [2.45, 2.75) is 13.3 Å². The van der Waals surface area contributed by atoms with Gasteiger partial charge in [0.15, 0.2) is 0 Å². The van der Waals surface area contributed by atoms with Gasteiger partial charge in [-0.25, -0.2) is 4.98 Å². The van der Waals surface area contributed by atoms with Crippen LogP contribution < -0.4 is 5.32 Å². The van der Waals surface area contributed by atoms with Gasteiger partial charge >= 0.3 is 0 Å². The van der Waals surface area contributed by atoms with Crippen LogP contribution >= 0.6 is 11.6 Å². The van der Waals surface area contributed by atoms with Gasteiger partial charge < -0.3 is 5.32 Å². The highest BCUT2D eigenvalue weighted by Gasteiger charge is 2.04. The van der Waals surface area contributed by atoms with E-state index in [9.17, 15) is 4.79 Å². The fourth-order valence-corrected chi connectivity index (χ4v) is 1.75. The van der Waals surface area contributed by atoms with E-state index in [2.05, 4.69) is 10.3 Å². The van der Waals surface area contributed by atoms with Crippen molar-refractivity contribution in [2.24, 2.45) is 0 Å². The van der Waals surface area contributed by atoms with E-state index in [1.807, 2.05) is 31.2 Å². The largest absolute Gasteiger partial charge is 0.326 e. The van der Waals surface area contributed by atoms with Gasteiger partial charge in [0.1, 0.15) is 5.15 Å². The molecule has 0 atom stereocenters. The van der Waals surface area contributed by atoms with Crippen LogP contribution in [0.1, 0.15) is 11.1 Å². The van der Waals surface area contributed by atoms with Crippen molar-refractivity contribution in [3.8, 4) is 0 Å². The van der Waals surface area contributed by atoms with Crippen LogP contribution in [0.2, 0.25) is 5.15 Å². The third kappa shape index (κ3) is 3.57. The standard InChI is InChI=1S/C14H13ClN2O/c1-10-2-4-11(5-3-10)8-14(18)17-12-6-7-16-13(15)9-12/h2-7,9H,8H2,1H3,(H,16,17,18). The maximum Gasteiger partial charge on any atom is 0.228 e. The van der Waals surface area contributed by atoms with Crippen LogP contribution in [0.15, 0.2) is 42.6 Å². The predicted octanol–water partition coefficient (Wildman–Crippen LogP) is 3.22. The molecule has 0 saturated carbocycles. The fourth-order valence-electron chi connectivity index (χ4n) is 1.58. The average molecular weight is 261 g/mol. The first-order chi connectivity index (χ1) is 8.63. The maximum atomic E-state index is 11.8. The number of amides is 1. The minimum Gasteiger partial charge on any atom is -0.326 e. The molecule has 92 valence electrons. The van der Waals surface area contributed by atoms with Crippen LogP contribution in [0.4, 0.5) is 5.69 Å². The summed E-state index contributed by atoms with van der Waals surface area (Å²) < 4.78 is 0. The van der Waals surface area contributed by atoms with Crippen molar-refractivity contribution in [1.29, 1.82) is 0 Å². The van der Waals surface area contributed by atoms with E-state index in [4.69, 9.17) is 11.6 Å². The van der Waals surface area contributed by atoms with Crippen molar-refractivity contribution >= 4 is 23.2 Å². The summed E-state index contributed by atoms with van der Waals surface area (Å²) in [6.45, 7) is 2.02. The number of rotatable bonds is 3. The van der Waals surface area contributed by atoms with Crippen molar-refractivity contribution in [2.75, 3.05) is 5.32 Å². The summed E-state index contributed by atoms with van der Waals surface area (Å²) in [5, 5.41) is 3.15. The van der Waals surface area contributed by atoms with Crippen molar-refractivity contribution in [3.05, 3.63) is 58.9 Å². The van der Waals surface area contributed by atoms with Gasteiger partial charge in [0.05, 0.1) is 6.42 Å². The maximum absolute atomic E-state index is 11.8. The molecule has 1 heterocycles. The number of halogens is 1. The Morgan fingerprint density at radius 3 is 2.67 bits per heavy atom. The number of nitrogens with one attached hydrogen (secondary N) is 1. The summed E-state index contributed by atoms with van der Waals surface area (Å²) in [6.07, 6.45) is 1.91. The summed E-state index contributed by atoms with van der Waals surface area (Å²) in [5.74, 6) is -0.0684. The average Bonchev–Trinajstić information content (AvgIpc) is 2.32. The second-order valence-electron chi connectivity index (χ2n) is 4.08. The number of hydrogen-bond donors (Lipinski definition) is 1. The second-order valence-corrected chi connectivity index (χ2v) is 4.47. The zero-order valence-electron chi connectivity index (χ0n) is 9.98. The Morgan fingerprint density at radius 2 is 2.00 bits per heavy atom. The molecule has 0 radical (unpaired) electrons. The van der Waals surface area contributed by atoms with Crippen LogP contribution in [0.25, 0.3) is 0 Å². The van der Waals surface area contributed by atoms with E-state index in [-0.39, 0.29) is 5.91 Å². The van der Waals surface area contributed by atoms with Crippen LogP contribution in [0.3, 0.4) is 0 Å². The lowest BCUT2D eigenvalue weighted by molar-refractivity contribution is -0.115. The third-order valence-corrected chi connectivity index (χ3v) is 2.70. The van der Waals surface area contributed by atoms with E-state index < -0.39 is 0 Å². The number of carbonyl (C=O) groups excluding carboxylic acids is 1. The topological polar surface area (TPSA) is 42.0 Å². The zero-order valence-corrected chi connectivity index (χ0v) is 10.7. The Balaban J connectivity index is 1.98. The SMILES string of the molecule is Cc1ccc(CC(=O)Nc2ccnc(Cl)c2)cc1. The number of carbonyl (C=O) groups is 1. The van der Waals surface area contributed by atoms with E-state index in [1.165, 1.54) is 5.56 Å². The monoisotopic (exact) mass is 260 g/mol. The molecule has 1 aromatic carbocycles. The Hall–Kier alpha value is -1.87. The van der Waals surface area contributed by atoms with E-state index in [1.54, 1.807) is 18.3 Å². The number of pyridine rings is 1. The summed E-state index contributed by atoms with van der Waals surface area (Å²) >= 11 is 5.74. The molecule has 2 rings (SSSR count). The molecule has 0 saturated heterocycles. The van der Waals surface area contributed by atoms with Crippen molar-refractivity contribution < 1.29 is 4.79 Å². The number of anilines is 1. The molecular formula is C14H13ClN2O. The first kappa shape index (κ1) is 12.6. The summed E-state index contributed by atoms with van der Waals surface area (Å²) in [6, 6.07) is 11.2. The Labute approximate surface area is 111 Å². The first-order valence-electron chi connectivity index (χ1n) is 5.60. The van der Waals surface area contributed by atoms with Gasteiger partial charge in [-0.3, -0.25) is 4.79 Å². The summed E-state index contributed by atoms with van der Waals surface area (Å²) in [4.78, 5) is 15.7. The molecule has 0 aliphatic heterocycles. The van der Waals surface area contributed by atoms with Crippen LogP contribution in [-0.4, -0.2) is 10.9 Å². The van der Waals surface area contributed by atoms with E-state index in [0.717, 1.165) is 5.56 Å². The van der Waals surface area contributed by atoms with Crippen LogP contribution in [0.5, 0.6) is 0 Å². The number of aromatic nitrogens is 1. The van der Waals surface area contributed by atoms with Crippen LogP contribution in [0, 0.1) is 6.92 Å². The van der Waals surface area contributed by atoms with Gasteiger partial charge in [0.25, 0.3) is 0 Å². The Morgan fingerprint density at radius 1 is 1.28 bits per heavy atom. The van der Waals surface area contributed by atoms with Gasteiger partial charge in [-0.2, -0.15) is 0 Å². The minimum absolute atomic E-state index is 0.0684. The minimum atomic E-state index is -0.0684. The molecule has 0 unspecified atom stereocenters. The fraction of sp³-hybridized carbons (Fsp3) is 0.143. The predicted molar refractivity (Wildman–Crippen MR) is 72.8 cm³/mol. The van der Waals surface area contributed by atoms with Crippen LogP contribution in [-0.2, 0) is 11.2 Å². The highest BCUT2D eigenvalue weighted by Crippen LogP contribution is 2.12. The molecule has 1 N–H and O–H groups in total. The van der Waals surface area contributed by atoms with Gasteiger partial charge in [-0.05, 0) is 24.6 Å². The van der Waals surface area contributed by atoms with Crippen molar-refractivity contribution in [1.82, 2.24) is 4.98 Å². The highest BCUT2D eigenvalue weighted by molar-refractivity contribution is 6.29. The zero-order chi connectivity index (χ0) is 13.0. The molecule has 0 aliphatic rings. The lowest BCUT2D eigenvalue weighted by Gasteiger charge is -2.05. The van der Waals surface area contributed by atoms with Gasteiger partial charge in [-0.1, -0.05) is 41.4 Å². The quantitative estimate of drug-likeness (QED) is 0.861. The molecule has 18 heavy (non-hydrogen) atoms. The van der Waals surface area contributed by atoms with E-state index >= 15 is 0 Å². The lowest BCUT2D eigenvalue weighted by Crippen LogP contribution is -2.14. The van der Waals surface area contributed by atoms with Gasteiger partial charge in [0, 0.05) is 11.9 Å². The summed E-state index contributed by atoms with van der Waals surface area (Å²) in [7, 11) is 0. The molecule has 3 nitrogen and oxygen atoms in total. The molecule has 1 amide bonds. The molecule has 0 aliphatic carbocycles. The number of nitrogens with zero attached hydrogens (tertiary/aromatic N) is 1. The number of aryl methyl sites for hydroxylation is 1. The van der Waals surface area contributed by atoms with Gasteiger partial charge in [0.2, 0.25) is 5.91 Å². The Bertz CT molecular complexity index is 552. The van der Waals surface area contributed by atoms with E-state index in [0.29, 0.717) is 17.3 Å². The number of hydrogen-bond acceptors (Lipinski definition) is 2.